The molecule has 0 spiro atoms. The Labute approximate surface area is 164 Å². The van der Waals surface area contributed by atoms with Gasteiger partial charge >= 0.3 is 0 Å². The van der Waals surface area contributed by atoms with E-state index in [1.807, 2.05) is 48.5 Å². The second kappa shape index (κ2) is 8.13. The van der Waals surface area contributed by atoms with Crippen LogP contribution < -0.4 is 5.32 Å². The minimum Gasteiger partial charge on any atom is -0.411 e. The molecule has 0 atom stereocenters. The number of para-hydroxylation sites is 1. The van der Waals surface area contributed by atoms with Gasteiger partial charge in [-0.3, -0.25) is 4.79 Å². The Morgan fingerprint density at radius 2 is 1.92 bits per heavy atom. The summed E-state index contributed by atoms with van der Waals surface area (Å²) in [7, 11) is 0. The third-order valence-electron chi connectivity index (χ3n) is 2.97. The lowest BCUT2D eigenvalue weighted by molar-refractivity contribution is -0.113. The average Bonchev–Trinajstić information content (AvgIpc) is 3.05. The van der Waals surface area contributed by atoms with E-state index < -0.39 is 0 Å². The van der Waals surface area contributed by atoms with Crippen LogP contribution in [0.4, 0.5) is 5.69 Å². The van der Waals surface area contributed by atoms with Crippen LogP contribution in [0.3, 0.4) is 0 Å². The Morgan fingerprint density at radius 3 is 2.67 bits per heavy atom. The fraction of sp³-hybridized carbons (Fsp3) is 0.0625. The quantitative estimate of drug-likeness (QED) is 0.389. The number of halogens is 2. The van der Waals surface area contributed by atoms with Crippen molar-refractivity contribution in [2.75, 3.05) is 11.1 Å². The van der Waals surface area contributed by atoms with Gasteiger partial charge in [-0.2, -0.15) is 0 Å². The number of benzene rings is 2. The normalized spacial score (nSPS) is 10.6. The zero-order valence-corrected chi connectivity index (χ0v) is 16.8. The lowest BCUT2D eigenvalue weighted by Gasteiger charge is -2.05. The van der Waals surface area contributed by atoms with Crippen LogP contribution in [0.2, 0.25) is 0 Å². The number of hydrogen-bond donors (Lipinski definition) is 1. The summed E-state index contributed by atoms with van der Waals surface area (Å²) in [6.07, 6.45) is 0. The Kier molecular flexibility index (Phi) is 5.90. The molecule has 3 aromatic rings. The van der Waals surface area contributed by atoms with Crippen LogP contribution >= 0.6 is 50.3 Å². The SMILES string of the molecule is O=C(CSc1nnc(-c2ccc(I)cc2)o1)Nc1ccccc1Br. The van der Waals surface area contributed by atoms with E-state index in [2.05, 4.69) is 54.0 Å². The van der Waals surface area contributed by atoms with Crippen LogP contribution in [0.1, 0.15) is 0 Å². The maximum atomic E-state index is 12.0. The predicted molar refractivity (Wildman–Crippen MR) is 106 cm³/mol. The first-order chi connectivity index (χ1) is 11.6. The Balaban J connectivity index is 1.58. The summed E-state index contributed by atoms with van der Waals surface area (Å²) in [5, 5.41) is 11.2. The summed E-state index contributed by atoms with van der Waals surface area (Å²) in [5.41, 5.74) is 1.58. The monoisotopic (exact) mass is 515 g/mol. The fourth-order valence-corrected chi connectivity index (χ4v) is 3.16. The first-order valence-corrected chi connectivity index (χ1v) is 9.74. The third-order valence-corrected chi connectivity index (χ3v) is 5.20. The number of nitrogens with one attached hydrogen (secondary N) is 1. The minimum absolute atomic E-state index is 0.138. The summed E-state index contributed by atoms with van der Waals surface area (Å²) in [4.78, 5) is 12.0. The molecule has 24 heavy (non-hydrogen) atoms. The van der Waals surface area contributed by atoms with Crippen LogP contribution in [0.5, 0.6) is 0 Å². The largest absolute Gasteiger partial charge is 0.411 e. The molecule has 1 amide bonds. The standard InChI is InChI=1S/C16H11BrIN3O2S/c17-12-3-1-2-4-13(12)19-14(22)9-24-16-21-20-15(23-16)10-5-7-11(18)8-6-10/h1-8H,9H2,(H,19,22). The maximum absolute atomic E-state index is 12.0. The summed E-state index contributed by atoms with van der Waals surface area (Å²) in [6, 6.07) is 15.2. The van der Waals surface area contributed by atoms with Crippen LogP contribution in [0.15, 0.2) is 62.6 Å². The number of anilines is 1. The van der Waals surface area contributed by atoms with E-state index in [1.165, 1.54) is 11.8 Å². The highest BCUT2D eigenvalue weighted by atomic mass is 127. The van der Waals surface area contributed by atoms with Gasteiger partial charge < -0.3 is 9.73 Å². The molecule has 3 rings (SSSR count). The van der Waals surface area contributed by atoms with Gasteiger partial charge in [-0.05, 0) is 74.9 Å². The molecule has 122 valence electrons. The van der Waals surface area contributed by atoms with Crippen molar-refractivity contribution in [3.05, 3.63) is 56.6 Å². The molecular weight excluding hydrogens is 505 g/mol. The molecule has 5 nitrogen and oxygen atoms in total. The number of nitrogens with zero attached hydrogens (tertiary/aromatic N) is 2. The maximum Gasteiger partial charge on any atom is 0.277 e. The van der Waals surface area contributed by atoms with Gasteiger partial charge in [-0.1, -0.05) is 23.9 Å². The van der Waals surface area contributed by atoms with Gasteiger partial charge in [0.1, 0.15) is 0 Å². The number of carbonyl (C=O) groups is 1. The van der Waals surface area contributed by atoms with Crippen molar-refractivity contribution in [3.63, 3.8) is 0 Å². The molecule has 0 radical (unpaired) electrons. The molecule has 0 saturated heterocycles. The van der Waals surface area contributed by atoms with E-state index in [-0.39, 0.29) is 11.7 Å². The fourth-order valence-electron chi connectivity index (χ4n) is 1.85. The van der Waals surface area contributed by atoms with E-state index in [0.717, 1.165) is 19.3 Å². The first kappa shape index (κ1) is 17.4. The van der Waals surface area contributed by atoms with Crippen molar-refractivity contribution in [2.24, 2.45) is 0 Å². The molecule has 1 heterocycles. The molecule has 0 aliphatic rings. The molecule has 0 saturated carbocycles. The van der Waals surface area contributed by atoms with Crippen molar-refractivity contribution in [2.45, 2.75) is 5.22 Å². The first-order valence-electron chi connectivity index (χ1n) is 6.88. The van der Waals surface area contributed by atoms with Gasteiger partial charge in [0, 0.05) is 13.6 Å². The summed E-state index contributed by atoms with van der Waals surface area (Å²) >= 11 is 6.83. The average molecular weight is 516 g/mol. The smallest absolute Gasteiger partial charge is 0.277 e. The predicted octanol–water partition coefficient (Wildman–Crippen LogP) is 4.83. The lowest BCUT2D eigenvalue weighted by atomic mass is 10.2. The molecular formula is C16H11BrIN3O2S. The molecule has 0 aliphatic carbocycles. The summed E-state index contributed by atoms with van der Waals surface area (Å²) < 4.78 is 7.55. The van der Waals surface area contributed by atoms with E-state index in [4.69, 9.17) is 4.42 Å². The number of carbonyl (C=O) groups excluding carboxylic acids is 1. The van der Waals surface area contributed by atoms with Gasteiger partial charge in [0.2, 0.25) is 11.8 Å². The van der Waals surface area contributed by atoms with Crippen molar-refractivity contribution < 1.29 is 9.21 Å². The second-order valence-corrected chi connectivity index (χ2v) is 7.72. The number of aromatic nitrogens is 2. The summed E-state index contributed by atoms with van der Waals surface area (Å²) in [5.74, 6) is 0.497. The van der Waals surface area contributed by atoms with E-state index in [9.17, 15) is 4.79 Å². The van der Waals surface area contributed by atoms with Gasteiger partial charge in [0.05, 0.1) is 11.4 Å². The van der Waals surface area contributed by atoms with E-state index >= 15 is 0 Å². The Bertz CT molecular complexity index is 855. The van der Waals surface area contributed by atoms with Gasteiger partial charge in [-0.15, -0.1) is 10.2 Å². The molecule has 0 aliphatic heterocycles. The van der Waals surface area contributed by atoms with Crippen LogP contribution in [0, 0.1) is 3.57 Å². The van der Waals surface area contributed by atoms with Gasteiger partial charge in [0.25, 0.3) is 5.22 Å². The number of hydrogen-bond acceptors (Lipinski definition) is 5. The van der Waals surface area contributed by atoms with Crippen LogP contribution in [0.25, 0.3) is 11.5 Å². The topological polar surface area (TPSA) is 68.0 Å². The summed E-state index contributed by atoms with van der Waals surface area (Å²) in [6.45, 7) is 0. The Morgan fingerprint density at radius 1 is 1.17 bits per heavy atom. The highest BCUT2D eigenvalue weighted by molar-refractivity contribution is 14.1. The third kappa shape index (κ3) is 4.58. The molecule has 0 bridgehead atoms. The van der Waals surface area contributed by atoms with Gasteiger partial charge in [-0.25, -0.2) is 0 Å². The Hall–Kier alpha value is -1.39. The second-order valence-electron chi connectivity index (χ2n) is 4.70. The molecule has 1 N–H and O–H groups in total. The molecule has 0 fully saturated rings. The molecule has 1 aromatic heterocycles. The van der Waals surface area contributed by atoms with E-state index in [1.54, 1.807) is 0 Å². The number of amides is 1. The van der Waals surface area contributed by atoms with Crippen LogP contribution in [-0.4, -0.2) is 21.9 Å². The molecule has 8 heteroatoms. The highest BCUT2D eigenvalue weighted by Gasteiger charge is 2.12. The zero-order chi connectivity index (χ0) is 16.9. The number of rotatable bonds is 5. The van der Waals surface area contributed by atoms with Crippen molar-refractivity contribution in [1.29, 1.82) is 0 Å². The van der Waals surface area contributed by atoms with Crippen LogP contribution in [-0.2, 0) is 4.79 Å². The van der Waals surface area contributed by atoms with Crippen molar-refractivity contribution in [3.8, 4) is 11.5 Å². The number of thioether (sulfide) groups is 1. The zero-order valence-electron chi connectivity index (χ0n) is 12.2. The van der Waals surface area contributed by atoms with E-state index in [0.29, 0.717) is 11.1 Å². The molecule has 0 unspecified atom stereocenters. The van der Waals surface area contributed by atoms with Crippen molar-refractivity contribution >= 4 is 61.9 Å². The minimum atomic E-state index is -0.138. The van der Waals surface area contributed by atoms with Crippen molar-refractivity contribution in [1.82, 2.24) is 10.2 Å². The lowest BCUT2D eigenvalue weighted by Crippen LogP contribution is -2.14. The van der Waals surface area contributed by atoms with Gasteiger partial charge in [0.15, 0.2) is 0 Å². The molecule has 2 aromatic carbocycles. The highest BCUT2D eigenvalue weighted by Crippen LogP contribution is 2.25.